The lowest BCUT2D eigenvalue weighted by molar-refractivity contribution is -0.138. The first-order chi connectivity index (χ1) is 14.1. The zero-order chi connectivity index (χ0) is 22.5. The Labute approximate surface area is 172 Å². The molecule has 8 heteroatoms. The molecule has 2 aromatic rings. The second-order valence-corrected chi connectivity index (χ2v) is 6.73. The van der Waals surface area contributed by atoms with Crippen LogP contribution in [0.5, 0.6) is 0 Å². The van der Waals surface area contributed by atoms with Crippen molar-refractivity contribution >= 4 is 17.8 Å². The minimum absolute atomic E-state index is 0.233. The Morgan fingerprint density at radius 3 is 2.53 bits per heavy atom. The summed E-state index contributed by atoms with van der Waals surface area (Å²) in [6.45, 7) is 5.84. The Balaban J connectivity index is 2.13. The van der Waals surface area contributed by atoms with E-state index in [1.165, 1.54) is 12.1 Å². The first-order valence-electron chi connectivity index (χ1n) is 9.24. The van der Waals surface area contributed by atoms with E-state index in [2.05, 4.69) is 4.57 Å². The van der Waals surface area contributed by atoms with E-state index >= 15 is 0 Å². The number of carbonyl (C=O) groups excluding carboxylic acids is 2. The summed E-state index contributed by atoms with van der Waals surface area (Å²) in [6.07, 6.45) is -2.29. The highest BCUT2D eigenvalue weighted by Crippen LogP contribution is 2.29. The standard InChI is InChI=1S/C22H21F3N2O3/c1-4-8-27-14(2)9-17(15(27)3)10-18(12-26)21(29)30-13-20(28)16-6-5-7-19(11-16)22(23,24)25/h5-7,9-11H,4,8,13H2,1-3H3/b18-10+. The summed E-state index contributed by atoms with van der Waals surface area (Å²) in [4.78, 5) is 24.3. The van der Waals surface area contributed by atoms with Gasteiger partial charge < -0.3 is 9.30 Å². The quantitative estimate of drug-likeness (QED) is 0.278. The summed E-state index contributed by atoms with van der Waals surface area (Å²) in [6, 6.07) is 7.43. The van der Waals surface area contributed by atoms with Crippen molar-refractivity contribution in [2.45, 2.75) is 39.9 Å². The lowest BCUT2D eigenvalue weighted by Crippen LogP contribution is -2.16. The number of halogens is 3. The van der Waals surface area contributed by atoms with Crippen LogP contribution in [-0.2, 0) is 22.3 Å². The van der Waals surface area contributed by atoms with Gasteiger partial charge in [0, 0.05) is 23.5 Å². The average Bonchev–Trinajstić information content (AvgIpc) is 2.97. The van der Waals surface area contributed by atoms with Crippen LogP contribution in [0.2, 0.25) is 0 Å². The maximum Gasteiger partial charge on any atom is 0.416 e. The van der Waals surface area contributed by atoms with E-state index in [4.69, 9.17) is 4.74 Å². The number of alkyl halides is 3. The van der Waals surface area contributed by atoms with Crippen LogP contribution in [0.3, 0.4) is 0 Å². The molecule has 158 valence electrons. The van der Waals surface area contributed by atoms with Gasteiger partial charge in [-0.3, -0.25) is 4.79 Å². The minimum atomic E-state index is -4.59. The molecule has 0 unspecified atom stereocenters. The Morgan fingerprint density at radius 2 is 1.93 bits per heavy atom. The zero-order valence-corrected chi connectivity index (χ0v) is 16.8. The molecule has 5 nitrogen and oxygen atoms in total. The van der Waals surface area contributed by atoms with Gasteiger partial charge in [0.25, 0.3) is 0 Å². The topological polar surface area (TPSA) is 72.1 Å². The van der Waals surface area contributed by atoms with E-state index in [1.54, 1.807) is 6.07 Å². The van der Waals surface area contributed by atoms with Crippen molar-refractivity contribution in [2.24, 2.45) is 0 Å². The van der Waals surface area contributed by atoms with Gasteiger partial charge in [-0.1, -0.05) is 19.1 Å². The van der Waals surface area contributed by atoms with Crippen LogP contribution < -0.4 is 0 Å². The van der Waals surface area contributed by atoms with Gasteiger partial charge >= 0.3 is 12.1 Å². The van der Waals surface area contributed by atoms with Crippen LogP contribution in [0.4, 0.5) is 13.2 Å². The number of rotatable bonds is 7. The third kappa shape index (κ3) is 5.38. The summed E-state index contributed by atoms with van der Waals surface area (Å²) < 4.78 is 45.2. The van der Waals surface area contributed by atoms with Crippen LogP contribution in [0.15, 0.2) is 35.9 Å². The number of esters is 1. The van der Waals surface area contributed by atoms with Gasteiger partial charge in [-0.05, 0) is 50.1 Å². The number of aromatic nitrogens is 1. The molecule has 0 N–H and O–H groups in total. The fourth-order valence-electron chi connectivity index (χ4n) is 3.00. The molecule has 0 aliphatic heterocycles. The maximum atomic E-state index is 12.8. The molecule has 2 rings (SSSR count). The molecule has 0 bridgehead atoms. The summed E-state index contributed by atoms with van der Waals surface area (Å²) in [7, 11) is 0. The predicted octanol–water partition coefficient (Wildman–Crippen LogP) is 4.87. The Bertz CT molecular complexity index is 1030. The van der Waals surface area contributed by atoms with Gasteiger partial charge in [0.1, 0.15) is 11.6 Å². The maximum absolute atomic E-state index is 12.8. The SMILES string of the molecule is CCCn1c(C)cc(/C=C(\C#N)C(=O)OCC(=O)c2cccc(C(F)(F)F)c2)c1C. The number of Topliss-reactive ketones (excluding diaryl/α,β-unsaturated/α-hetero) is 1. The smallest absolute Gasteiger partial charge is 0.416 e. The Morgan fingerprint density at radius 1 is 1.23 bits per heavy atom. The fraction of sp³-hybridized carbons (Fsp3) is 0.318. The number of hydrogen-bond acceptors (Lipinski definition) is 4. The number of nitrogens with zero attached hydrogens (tertiary/aromatic N) is 2. The molecule has 0 aliphatic carbocycles. The lowest BCUT2D eigenvalue weighted by atomic mass is 10.1. The van der Waals surface area contributed by atoms with Gasteiger partial charge in [-0.15, -0.1) is 0 Å². The molecule has 1 aromatic heterocycles. The molecular formula is C22H21F3N2O3. The van der Waals surface area contributed by atoms with E-state index < -0.39 is 30.1 Å². The first-order valence-corrected chi connectivity index (χ1v) is 9.24. The monoisotopic (exact) mass is 418 g/mol. The van der Waals surface area contributed by atoms with Crippen molar-refractivity contribution in [3.8, 4) is 6.07 Å². The van der Waals surface area contributed by atoms with Crippen LogP contribution in [0, 0.1) is 25.2 Å². The molecular weight excluding hydrogens is 397 g/mol. The highest BCUT2D eigenvalue weighted by Gasteiger charge is 2.31. The third-order valence-corrected chi connectivity index (χ3v) is 4.55. The summed E-state index contributed by atoms with van der Waals surface area (Å²) >= 11 is 0. The highest BCUT2D eigenvalue weighted by atomic mass is 19.4. The Kier molecular flexibility index (Phi) is 7.22. The zero-order valence-electron chi connectivity index (χ0n) is 16.8. The number of benzene rings is 1. The van der Waals surface area contributed by atoms with E-state index in [9.17, 15) is 28.0 Å². The summed E-state index contributed by atoms with van der Waals surface area (Å²) in [5.41, 5.74) is 1.03. The molecule has 0 spiro atoms. The average molecular weight is 418 g/mol. The van der Waals surface area contributed by atoms with Crippen LogP contribution in [-0.4, -0.2) is 22.9 Å². The normalized spacial score (nSPS) is 11.8. The second kappa shape index (κ2) is 9.44. The molecule has 0 saturated carbocycles. The first kappa shape index (κ1) is 22.9. The summed E-state index contributed by atoms with van der Waals surface area (Å²) in [5.74, 6) is -1.81. The van der Waals surface area contributed by atoms with Crippen molar-refractivity contribution in [3.63, 3.8) is 0 Å². The van der Waals surface area contributed by atoms with Gasteiger partial charge in [-0.25, -0.2) is 4.79 Å². The predicted molar refractivity (Wildman–Crippen MR) is 105 cm³/mol. The molecule has 0 saturated heterocycles. The minimum Gasteiger partial charge on any atom is -0.453 e. The fourth-order valence-corrected chi connectivity index (χ4v) is 3.00. The van der Waals surface area contributed by atoms with E-state index in [1.807, 2.05) is 26.8 Å². The van der Waals surface area contributed by atoms with Crippen molar-refractivity contribution in [1.82, 2.24) is 4.57 Å². The molecule has 1 aromatic carbocycles. The number of nitriles is 1. The largest absolute Gasteiger partial charge is 0.453 e. The van der Waals surface area contributed by atoms with E-state index in [0.29, 0.717) is 11.6 Å². The summed E-state index contributed by atoms with van der Waals surface area (Å²) in [5, 5.41) is 9.30. The lowest BCUT2D eigenvalue weighted by Gasteiger charge is -2.08. The number of aryl methyl sites for hydroxylation is 1. The highest BCUT2D eigenvalue weighted by molar-refractivity contribution is 6.02. The van der Waals surface area contributed by atoms with Crippen molar-refractivity contribution in [3.05, 3.63) is 64.0 Å². The van der Waals surface area contributed by atoms with E-state index in [-0.39, 0.29) is 11.1 Å². The van der Waals surface area contributed by atoms with Crippen LogP contribution in [0.25, 0.3) is 6.08 Å². The Hall–Kier alpha value is -3.34. The molecule has 0 aliphatic rings. The van der Waals surface area contributed by atoms with Crippen molar-refractivity contribution in [1.29, 1.82) is 5.26 Å². The van der Waals surface area contributed by atoms with E-state index in [0.717, 1.165) is 36.5 Å². The molecule has 0 atom stereocenters. The van der Waals surface area contributed by atoms with Crippen LogP contribution >= 0.6 is 0 Å². The molecule has 0 fully saturated rings. The number of hydrogen-bond donors (Lipinski definition) is 0. The van der Waals surface area contributed by atoms with Crippen molar-refractivity contribution in [2.75, 3.05) is 6.61 Å². The number of ether oxygens (including phenoxy) is 1. The van der Waals surface area contributed by atoms with Crippen molar-refractivity contribution < 1.29 is 27.5 Å². The van der Waals surface area contributed by atoms with Gasteiger partial charge in [0.05, 0.1) is 5.56 Å². The number of carbonyl (C=O) groups is 2. The molecule has 0 amide bonds. The second-order valence-electron chi connectivity index (χ2n) is 6.73. The van der Waals surface area contributed by atoms with Gasteiger partial charge in [-0.2, -0.15) is 18.4 Å². The molecule has 1 heterocycles. The van der Waals surface area contributed by atoms with Crippen LogP contribution in [0.1, 0.15) is 46.2 Å². The van der Waals surface area contributed by atoms with Gasteiger partial charge in [0.15, 0.2) is 12.4 Å². The van der Waals surface area contributed by atoms with Gasteiger partial charge in [0.2, 0.25) is 0 Å². The molecule has 0 radical (unpaired) electrons. The molecule has 30 heavy (non-hydrogen) atoms. The third-order valence-electron chi connectivity index (χ3n) is 4.55. The number of ketones is 1.